The summed E-state index contributed by atoms with van der Waals surface area (Å²) in [5.74, 6) is -0.160. The first kappa shape index (κ1) is 8.87. The van der Waals surface area contributed by atoms with Crippen LogP contribution in [0.25, 0.3) is 0 Å². The highest BCUT2D eigenvalue weighted by molar-refractivity contribution is 5.17. The zero-order chi connectivity index (χ0) is 9.80. The lowest BCUT2D eigenvalue weighted by Gasteiger charge is -2.02. The summed E-state index contributed by atoms with van der Waals surface area (Å²) in [6.45, 7) is 0.654. The maximum absolute atomic E-state index is 13.2. The number of rotatable bonds is 3. The molecule has 0 radical (unpaired) electrons. The quantitative estimate of drug-likeness (QED) is 0.738. The topological polar surface area (TPSA) is 30.7 Å². The fraction of sp³-hybridized carbons (Fsp3) is 0.200. The van der Waals surface area contributed by atoms with E-state index in [-0.39, 0.29) is 5.82 Å². The molecule has 0 spiro atoms. The highest BCUT2D eigenvalue weighted by Crippen LogP contribution is 2.07. The second-order valence-corrected chi connectivity index (χ2v) is 3.01. The molecule has 0 saturated heterocycles. The lowest BCUT2D eigenvalue weighted by Crippen LogP contribution is -2.03. The molecule has 2 rings (SSSR count). The molecule has 0 unspecified atom stereocenters. The largest absolute Gasteiger partial charge is 0.252 e. The summed E-state index contributed by atoms with van der Waals surface area (Å²) in [5, 5.41) is 7.48. The molecule has 1 aromatic carbocycles. The van der Waals surface area contributed by atoms with E-state index in [0.717, 1.165) is 0 Å². The summed E-state index contributed by atoms with van der Waals surface area (Å²) in [6, 6.07) is 6.77. The lowest BCUT2D eigenvalue weighted by molar-refractivity contribution is 0.560. The van der Waals surface area contributed by atoms with Gasteiger partial charge >= 0.3 is 0 Å². The van der Waals surface area contributed by atoms with E-state index in [4.69, 9.17) is 0 Å². The number of hydrogen-bond donors (Lipinski definition) is 0. The number of hydrogen-bond acceptors (Lipinski definition) is 2. The van der Waals surface area contributed by atoms with Crippen LogP contribution in [0.15, 0.2) is 36.7 Å². The minimum Gasteiger partial charge on any atom is -0.252 e. The number of benzene rings is 1. The molecule has 1 aromatic heterocycles. The van der Waals surface area contributed by atoms with E-state index in [9.17, 15) is 4.39 Å². The van der Waals surface area contributed by atoms with Crippen molar-refractivity contribution in [3.8, 4) is 0 Å². The van der Waals surface area contributed by atoms with Crippen LogP contribution in [-0.4, -0.2) is 15.0 Å². The molecular weight excluding hydrogens is 181 g/mol. The fourth-order valence-electron chi connectivity index (χ4n) is 1.29. The van der Waals surface area contributed by atoms with Crippen LogP contribution in [0, 0.1) is 5.82 Å². The molecule has 0 atom stereocenters. The smallest absolute Gasteiger partial charge is 0.126 e. The van der Waals surface area contributed by atoms with Gasteiger partial charge in [0.05, 0.1) is 6.20 Å². The average Bonchev–Trinajstić information content (AvgIpc) is 2.69. The molecule has 14 heavy (non-hydrogen) atoms. The van der Waals surface area contributed by atoms with Gasteiger partial charge in [0, 0.05) is 12.7 Å². The van der Waals surface area contributed by atoms with Crippen LogP contribution in [0.4, 0.5) is 4.39 Å². The highest BCUT2D eigenvalue weighted by atomic mass is 19.1. The van der Waals surface area contributed by atoms with Crippen molar-refractivity contribution in [2.24, 2.45) is 0 Å². The number of aryl methyl sites for hydroxylation is 2. The van der Waals surface area contributed by atoms with Crippen molar-refractivity contribution >= 4 is 0 Å². The Balaban J connectivity index is 2.02. The Bertz CT molecular complexity index is 398. The van der Waals surface area contributed by atoms with Crippen LogP contribution in [-0.2, 0) is 13.0 Å². The van der Waals surface area contributed by atoms with Gasteiger partial charge in [-0.25, -0.2) is 4.39 Å². The molecule has 0 amide bonds. The Hall–Kier alpha value is -1.71. The van der Waals surface area contributed by atoms with Crippen molar-refractivity contribution < 1.29 is 4.39 Å². The Kier molecular flexibility index (Phi) is 2.53. The molecule has 0 N–H and O–H groups in total. The Labute approximate surface area is 81.2 Å². The highest BCUT2D eigenvalue weighted by Gasteiger charge is 2.00. The van der Waals surface area contributed by atoms with Crippen molar-refractivity contribution in [3.63, 3.8) is 0 Å². The fourth-order valence-corrected chi connectivity index (χ4v) is 1.29. The van der Waals surface area contributed by atoms with E-state index in [1.54, 1.807) is 29.2 Å². The van der Waals surface area contributed by atoms with E-state index >= 15 is 0 Å². The predicted molar refractivity (Wildman–Crippen MR) is 50.1 cm³/mol. The first-order valence-electron chi connectivity index (χ1n) is 4.44. The summed E-state index contributed by atoms with van der Waals surface area (Å²) in [6.07, 6.45) is 4.01. The Morgan fingerprint density at radius 1 is 1.29 bits per heavy atom. The van der Waals surface area contributed by atoms with Crippen molar-refractivity contribution in [1.29, 1.82) is 0 Å². The van der Waals surface area contributed by atoms with Crippen molar-refractivity contribution in [3.05, 3.63) is 48.0 Å². The molecule has 0 fully saturated rings. The van der Waals surface area contributed by atoms with Gasteiger partial charge in [-0.1, -0.05) is 23.4 Å². The average molecular weight is 191 g/mol. The molecule has 0 aliphatic rings. The molecular formula is C10H10FN3. The zero-order valence-electron chi connectivity index (χ0n) is 7.60. The molecule has 72 valence electrons. The van der Waals surface area contributed by atoms with Crippen LogP contribution < -0.4 is 0 Å². The second-order valence-electron chi connectivity index (χ2n) is 3.01. The van der Waals surface area contributed by atoms with Gasteiger partial charge in [0.15, 0.2) is 0 Å². The first-order chi connectivity index (χ1) is 6.86. The van der Waals surface area contributed by atoms with Crippen molar-refractivity contribution in [2.75, 3.05) is 0 Å². The van der Waals surface area contributed by atoms with Crippen LogP contribution in [0.1, 0.15) is 5.56 Å². The van der Waals surface area contributed by atoms with Gasteiger partial charge in [0.2, 0.25) is 0 Å². The normalized spacial score (nSPS) is 10.4. The third kappa shape index (κ3) is 1.96. The third-order valence-corrected chi connectivity index (χ3v) is 2.04. The molecule has 0 saturated carbocycles. The van der Waals surface area contributed by atoms with Gasteiger partial charge < -0.3 is 0 Å². The van der Waals surface area contributed by atoms with E-state index in [2.05, 4.69) is 10.3 Å². The number of aromatic nitrogens is 3. The van der Waals surface area contributed by atoms with Gasteiger partial charge in [-0.15, -0.1) is 5.10 Å². The van der Waals surface area contributed by atoms with Gasteiger partial charge in [-0.3, -0.25) is 4.68 Å². The minimum atomic E-state index is -0.160. The maximum atomic E-state index is 13.2. The maximum Gasteiger partial charge on any atom is 0.126 e. The summed E-state index contributed by atoms with van der Waals surface area (Å²) in [5.41, 5.74) is 0.711. The number of nitrogens with zero attached hydrogens (tertiary/aromatic N) is 3. The van der Waals surface area contributed by atoms with Crippen LogP contribution in [0.2, 0.25) is 0 Å². The van der Waals surface area contributed by atoms with E-state index in [1.165, 1.54) is 6.07 Å². The van der Waals surface area contributed by atoms with E-state index in [1.807, 2.05) is 6.07 Å². The Morgan fingerprint density at radius 3 is 2.86 bits per heavy atom. The van der Waals surface area contributed by atoms with Gasteiger partial charge in [0.1, 0.15) is 5.82 Å². The van der Waals surface area contributed by atoms with Crippen molar-refractivity contribution in [1.82, 2.24) is 15.0 Å². The summed E-state index contributed by atoms with van der Waals surface area (Å²) in [7, 11) is 0. The molecule has 1 heterocycles. The SMILES string of the molecule is Fc1ccccc1CCn1ccnn1. The monoisotopic (exact) mass is 191 g/mol. The number of halogens is 1. The molecule has 0 aliphatic carbocycles. The van der Waals surface area contributed by atoms with Crippen LogP contribution in [0.5, 0.6) is 0 Å². The lowest BCUT2D eigenvalue weighted by atomic mass is 10.1. The standard InChI is InChI=1S/C10H10FN3/c11-10-4-2-1-3-9(10)5-7-14-8-6-12-13-14/h1-4,6,8H,5,7H2. The molecule has 3 nitrogen and oxygen atoms in total. The summed E-state index contributed by atoms with van der Waals surface area (Å²) in [4.78, 5) is 0. The predicted octanol–water partition coefficient (Wildman–Crippen LogP) is 1.66. The van der Waals surface area contributed by atoms with E-state index < -0.39 is 0 Å². The van der Waals surface area contributed by atoms with Gasteiger partial charge in [0.25, 0.3) is 0 Å². The van der Waals surface area contributed by atoms with Gasteiger partial charge in [-0.2, -0.15) is 0 Å². The summed E-state index contributed by atoms with van der Waals surface area (Å²) < 4.78 is 14.9. The molecule has 0 bridgehead atoms. The van der Waals surface area contributed by atoms with Crippen LogP contribution in [0.3, 0.4) is 0 Å². The Morgan fingerprint density at radius 2 is 2.14 bits per heavy atom. The van der Waals surface area contributed by atoms with Gasteiger partial charge in [-0.05, 0) is 18.1 Å². The third-order valence-electron chi connectivity index (χ3n) is 2.04. The first-order valence-corrected chi connectivity index (χ1v) is 4.44. The second kappa shape index (κ2) is 4.00. The molecule has 0 aliphatic heterocycles. The zero-order valence-corrected chi connectivity index (χ0v) is 7.60. The van der Waals surface area contributed by atoms with Crippen molar-refractivity contribution in [2.45, 2.75) is 13.0 Å². The molecule has 4 heteroatoms. The van der Waals surface area contributed by atoms with E-state index in [0.29, 0.717) is 18.5 Å². The minimum absolute atomic E-state index is 0.160. The van der Waals surface area contributed by atoms with Crippen LogP contribution >= 0.6 is 0 Å². The molecule has 2 aromatic rings. The summed E-state index contributed by atoms with van der Waals surface area (Å²) >= 11 is 0.